The summed E-state index contributed by atoms with van der Waals surface area (Å²) in [6.07, 6.45) is 10.6. The van der Waals surface area contributed by atoms with Crippen molar-refractivity contribution >= 4 is 0 Å². The third-order valence-corrected chi connectivity index (χ3v) is 6.88. The molecule has 0 radical (unpaired) electrons. The van der Waals surface area contributed by atoms with Gasteiger partial charge in [0.25, 0.3) is 0 Å². The van der Waals surface area contributed by atoms with Gasteiger partial charge in [-0.2, -0.15) is 0 Å². The minimum absolute atomic E-state index is 0.0144. The second kappa shape index (κ2) is 5.28. The summed E-state index contributed by atoms with van der Waals surface area (Å²) in [5, 5.41) is 10.6. The highest BCUT2D eigenvalue weighted by Crippen LogP contribution is 2.61. The fourth-order valence-corrected chi connectivity index (χ4v) is 5.50. The highest BCUT2D eigenvalue weighted by atomic mass is 16.5. The van der Waals surface area contributed by atoms with E-state index >= 15 is 0 Å². The van der Waals surface area contributed by atoms with E-state index in [2.05, 4.69) is 20.8 Å². The van der Waals surface area contributed by atoms with Crippen LogP contribution in [0.3, 0.4) is 0 Å². The predicted octanol–water partition coefficient (Wildman–Crippen LogP) is 4.30. The molecule has 116 valence electrons. The molecular formula is C18H32O2. The number of ether oxygens (including phenoxy) is 1. The standard InChI is InChI=1S/C18H32O2/c1-4-6-7-15-16(19)11-10-13-8-9-14-12-18(13,15)20-17(14,3)5-2/h13-16,19H,4-12H2,1-3H3. The van der Waals surface area contributed by atoms with Gasteiger partial charge in [-0.25, -0.2) is 0 Å². The molecule has 3 fully saturated rings. The van der Waals surface area contributed by atoms with E-state index in [4.69, 9.17) is 4.74 Å². The molecule has 0 aromatic carbocycles. The molecule has 2 heteroatoms. The number of hydrogen-bond donors (Lipinski definition) is 1. The Balaban J connectivity index is 1.90. The topological polar surface area (TPSA) is 29.5 Å². The van der Waals surface area contributed by atoms with E-state index < -0.39 is 0 Å². The van der Waals surface area contributed by atoms with Crippen LogP contribution in [0.25, 0.3) is 0 Å². The zero-order valence-corrected chi connectivity index (χ0v) is 13.5. The second-order valence-corrected chi connectivity index (χ2v) is 7.79. The molecule has 2 aliphatic carbocycles. The average Bonchev–Trinajstić information content (AvgIpc) is 2.67. The number of rotatable bonds is 4. The van der Waals surface area contributed by atoms with Gasteiger partial charge >= 0.3 is 0 Å². The van der Waals surface area contributed by atoms with Crippen LogP contribution in [0.1, 0.15) is 78.6 Å². The smallest absolute Gasteiger partial charge is 0.0774 e. The molecule has 20 heavy (non-hydrogen) atoms. The van der Waals surface area contributed by atoms with Gasteiger partial charge < -0.3 is 9.84 Å². The van der Waals surface area contributed by atoms with Gasteiger partial charge in [-0.15, -0.1) is 0 Å². The highest BCUT2D eigenvalue weighted by Gasteiger charge is 2.63. The number of fused-ring (bicyclic) bond motifs is 1. The van der Waals surface area contributed by atoms with E-state index in [-0.39, 0.29) is 17.3 Å². The molecule has 6 atom stereocenters. The molecule has 2 bridgehead atoms. The summed E-state index contributed by atoms with van der Waals surface area (Å²) in [5.74, 6) is 1.81. The van der Waals surface area contributed by atoms with Crippen LogP contribution in [0.4, 0.5) is 0 Å². The summed E-state index contributed by atoms with van der Waals surface area (Å²) in [4.78, 5) is 0. The highest BCUT2D eigenvalue weighted by molar-refractivity contribution is 5.12. The molecule has 1 saturated heterocycles. The van der Waals surface area contributed by atoms with E-state index in [0.29, 0.717) is 11.8 Å². The molecule has 3 aliphatic rings. The van der Waals surface area contributed by atoms with Gasteiger partial charge in [0, 0.05) is 5.92 Å². The van der Waals surface area contributed by atoms with Crippen molar-refractivity contribution in [3.8, 4) is 0 Å². The van der Waals surface area contributed by atoms with Crippen molar-refractivity contribution < 1.29 is 9.84 Å². The number of hydrogen-bond acceptors (Lipinski definition) is 2. The average molecular weight is 280 g/mol. The lowest BCUT2D eigenvalue weighted by atomic mass is 9.58. The Morgan fingerprint density at radius 2 is 1.80 bits per heavy atom. The maximum atomic E-state index is 10.6. The second-order valence-electron chi connectivity index (χ2n) is 7.79. The Morgan fingerprint density at radius 3 is 2.50 bits per heavy atom. The molecule has 0 aromatic heterocycles. The Labute approximate surface area is 124 Å². The molecule has 3 rings (SSSR count). The van der Waals surface area contributed by atoms with E-state index in [9.17, 15) is 5.11 Å². The third kappa shape index (κ3) is 2.06. The third-order valence-electron chi connectivity index (χ3n) is 6.88. The minimum atomic E-state index is -0.129. The molecule has 1 N–H and O–H groups in total. The quantitative estimate of drug-likeness (QED) is 0.832. The fourth-order valence-electron chi connectivity index (χ4n) is 5.50. The largest absolute Gasteiger partial charge is 0.393 e. The van der Waals surface area contributed by atoms with Crippen molar-refractivity contribution in [3.05, 3.63) is 0 Å². The maximum absolute atomic E-state index is 10.6. The Kier molecular flexibility index (Phi) is 3.92. The first-order valence-corrected chi connectivity index (χ1v) is 8.94. The molecule has 1 aliphatic heterocycles. The lowest BCUT2D eigenvalue weighted by molar-refractivity contribution is -0.194. The summed E-state index contributed by atoms with van der Waals surface area (Å²) in [6, 6.07) is 0. The number of unbranched alkanes of at least 4 members (excludes halogenated alkanes) is 1. The summed E-state index contributed by atoms with van der Waals surface area (Å²) in [7, 11) is 0. The van der Waals surface area contributed by atoms with Crippen molar-refractivity contribution in [2.24, 2.45) is 17.8 Å². The zero-order valence-electron chi connectivity index (χ0n) is 13.5. The molecule has 6 unspecified atom stereocenters. The number of aliphatic hydroxyl groups is 1. The van der Waals surface area contributed by atoms with Crippen LogP contribution >= 0.6 is 0 Å². The van der Waals surface area contributed by atoms with Crippen LogP contribution in [0.15, 0.2) is 0 Å². The van der Waals surface area contributed by atoms with Crippen molar-refractivity contribution in [3.63, 3.8) is 0 Å². The van der Waals surface area contributed by atoms with Gasteiger partial charge in [0.15, 0.2) is 0 Å². The van der Waals surface area contributed by atoms with Crippen LogP contribution in [0, 0.1) is 17.8 Å². The molecule has 0 aromatic rings. The van der Waals surface area contributed by atoms with Gasteiger partial charge in [-0.1, -0.05) is 26.7 Å². The first-order valence-electron chi connectivity index (χ1n) is 8.94. The van der Waals surface area contributed by atoms with Crippen molar-refractivity contribution in [2.45, 2.75) is 95.9 Å². The van der Waals surface area contributed by atoms with Crippen LogP contribution in [-0.4, -0.2) is 22.4 Å². The molecule has 1 spiro atoms. The zero-order chi connectivity index (χ0) is 14.4. The Bertz CT molecular complexity index is 355. The van der Waals surface area contributed by atoms with Gasteiger partial charge in [-0.05, 0) is 63.7 Å². The summed E-state index contributed by atoms with van der Waals surface area (Å²) < 4.78 is 6.83. The normalized spacial score (nSPS) is 51.0. The van der Waals surface area contributed by atoms with Crippen LogP contribution in [0.2, 0.25) is 0 Å². The van der Waals surface area contributed by atoms with Crippen LogP contribution < -0.4 is 0 Å². The van der Waals surface area contributed by atoms with Gasteiger partial charge in [0.1, 0.15) is 0 Å². The van der Waals surface area contributed by atoms with Crippen molar-refractivity contribution in [1.29, 1.82) is 0 Å². The summed E-state index contributed by atoms with van der Waals surface area (Å²) in [5.41, 5.74) is 0.0801. The lowest BCUT2D eigenvalue weighted by Gasteiger charge is -2.51. The summed E-state index contributed by atoms with van der Waals surface area (Å²) in [6.45, 7) is 6.85. The first kappa shape index (κ1) is 14.8. The number of aliphatic hydroxyl groups excluding tert-OH is 1. The van der Waals surface area contributed by atoms with E-state index in [1.807, 2.05) is 0 Å². The predicted molar refractivity (Wildman–Crippen MR) is 81.6 cm³/mol. The monoisotopic (exact) mass is 280 g/mol. The Morgan fingerprint density at radius 1 is 1.10 bits per heavy atom. The van der Waals surface area contributed by atoms with Crippen LogP contribution in [0.5, 0.6) is 0 Å². The fraction of sp³-hybridized carbons (Fsp3) is 1.00. The minimum Gasteiger partial charge on any atom is -0.393 e. The maximum Gasteiger partial charge on any atom is 0.0774 e. The van der Waals surface area contributed by atoms with Crippen molar-refractivity contribution in [1.82, 2.24) is 0 Å². The van der Waals surface area contributed by atoms with Gasteiger partial charge in [0.05, 0.1) is 17.3 Å². The van der Waals surface area contributed by atoms with E-state index in [1.165, 1.54) is 38.5 Å². The molecule has 2 saturated carbocycles. The molecule has 2 nitrogen and oxygen atoms in total. The molecular weight excluding hydrogens is 248 g/mol. The molecule has 1 heterocycles. The Hall–Kier alpha value is -0.0800. The van der Waals surface area contributed by atoms with Crippen molar-refractivity contribution in [2.75, 3.05) is 0 Å². The lowest BCUT2D eigenvalue weighted by Crippen LogP contribution is -2.54. The van der Waals surface area contributed by atoms with Gasteiger partial charge in [-0.3, -0.25) is 0 Å². The first-order chi connectivity index (χ1) is 9.55. The van der Waals surface area contributed by atoms with Gasteiger partial charge in [0.2, 0.25) is 0 Å². The van der Waals surface area contributed by atoms with Crippen LogP contribution in [-0.2, 0) is 4.74 Å². The SMILES string of the molecule is CCCCC1C(O)CCC2CCC3CC21OC3(C)CC. The van der Waals surface area contributed by atoms with E-state index in [1.54, 1.807) is 0 Å². The summed E-state index contributed by atoms with van der Waals surface area (Å²) >= 11 is 0. The van der Waals surface area contributed by atoms with E-state index in [0.717, 1.165) is 25.2 Å². The molecule has 0 amide bonds.